The number of rotatable bonds is 8. The average molecular weight is 303 g/mol. The molecular weight excluding hydrogens is 280 g/mol. The fourth-order valence-electron chi connectivity index (χ4n) is 2.09. The summed E-state index contributed by atoms with van der Waals surface area (Å²) in [6.45, 7) is 4.30. The van der Waals surface area contributed by atoms with Gasteiger partial charge in [-0.2, -0.15) is 8.78 Å². The van der Waals surface area contributed by atoms with Crippen LogP contribution in [0.2, 0.25) is 0 Å². The predicted molar refractivity (Wildman–Crippen MR) is 76.9 cm³/mol. The molecule has 1 aromatic carbocycles. The lowest BCUT2D eigenvalue weighted by atomic mass is 10.1. The zero-order chi connectivity index (χ0) is 16.0. The van der Waals surface area contributed by atoms with Gasteiger partial charge in [0.15, 0.2) is 11.5 Å². The van der Waals surface area contributed by atoms with Gasteiger partial charge < -0.3 is 14.6 Å². The molecule has 120 valence electrons. The van der Waals surface area contributed by atoms with Gasteiger partial charge in [-0.1, -0.05) is 13.0 Å². The van der Waals surface area contributed by atoms with Gasteiger partial charge in [0.25, 0.3) is 0 Å². The van der Waals surface area contributed by atoms with Crippen molar-refractivity contribution in [3.63, 3.8) is 0 Å². The lowest BCUT2D eigenvalue weighted by Crippen LogP contribution is -2.38. The molecule has 1 N–H and O–H groups in total. The topological polar surface area (TPSA) is 41.9 Å². The summed E-state index contributed by atoms with van der Waals surface area (Å²) >= 11 is 0. The third-order valence-corrected chi connectivity index (χ3v) is 2.91. The minimum absolute atomic E-state index is 0.0179. The summed E-state index contributed by atoms with van der Waals surface area (Å²) in [6, 6.07) is 4.94. The Bertz CT molecular complexity index is 447. The molecule has 0 aromatic heterocycles. The van der Waals surface area contributed by atoms with E-state index in [1.54, 1.807) is 26.0 Å². The largest absolute Gasteiger partial charge is 0.493 e. The average Bonchev–Trinajstić information content (AvgIpc) is 2.36. The van der Waals surface area contributed by atoms with Crippen molar-refractivity contribution in [2.75, 3.05) is 20.2 Å². The number of ether oxygens (including phenoxy) is 2. The number of hydrogen-bond acceptors (Lipinski definition) is 4. The van der Waals surface area contributed by atoms with E-state index in [0.717, 1.165) is 12.1 Å². The van der Waals surface area contributed by atoms with Crippen molar-refractivity contribution >= 4 is 0 Å². The van der Waals surface area contributed by atoms with Gasteiger partial charge in [0.1, 0.15) is 0 Å². The predicted octanol–water partition coefficient (Wildman–Crippen LogP) is 2.89. The fourth-order valence-corrected chi connectivity index (χ4v) is 2.09. The summed E-state index contributed by atoms with van der Waals surface area (Å²) in [7, 11) is 1.40. The number of alkyl halides is 2. The highest BCUT2D eigenvalue weighted by Crippen LogP contribution is 2.30. The Kier molecular flexibility index (Phi) is 6.36. The molecule has 4 nitrogen and oxygen atoms in total. The molecule has 0 aliphatic carbocycles. The SMILES string of the molecule is CCN(Cc1ccc(OC)c(OC(F)F)c1)CC(C)(C)O. The van der Waals surface area contributed by atoms with E-state index in [1.807, 2.05) is 11.8 Å². The second-order valence-corrected chi connectivity index (χ2v) is 5.48. The molecule has 6 heteroatoms. The number of halogens is 2. The van der Waals surface area contributed by atoms with Gasteiger partial charge in [0.2, 0.25) is 0 Å². The van der Waals surface area contributed by atoms with E-state index in [9.17, 15) is 13.9 Å². The van der Waals surface area contributed by atoms with Crippen LogP contribution in [0.4, 0.5) is 8.78 Å². The van der Waals surface area contributed by atoms with E-state index in [4.69, 9.17) is 4.74 Å². The highest BCUT2D eigenvalue weighted by atomic mass is 19.3. The lowest BCUT2D eigenvalue weighted by Gasteiger charge is -2.28. The Hall–Kier alpha value is -1.40. The molecule has 0 unspecified atom stereocenters. The number of hydrogen-bond donors (Lipinski definition) is 1. The summed E-state index contributed by atoms with van der Waals surface area (Å²) in [4.78, 5) is 2.02. The summed E-state index contributed by atoms with van der Waals surface area (Å²) in [5.74, 6) is 0.286. The van der Waals surface area contributed by atoms with Crippen LogP contribution >= 0.6 is 0 Å². The third-order valence-electron chi connectivity index (χ3n) is 2.91. The van der Waals surface area contributed by atoms with Gasteiger partial charge in [-0.3, -0.25) is 4.90 Å². The number of likely N-dealkylation sites (N-methyl/N-ethyl adjacent to an activating group) is 1. The van der Waals surface area contributed by atoms with Crippen molar-refractivity contribution in [2.45, 2.75) is 39.5 Å². The van der Waals surface area contributed by atoms with Gasteiger partial charge in [0.05, 0.1) is 12.7 Å². The number of benzene rings is 1. The minimum Gasteiger partial charge on any atom is -0.493 e. The van der Waals surface area contributed by atoms with E-state index >= 15 is 0 Å². The van der Waals surface area contributed by atoms with E-state index in [2.05, 4.69) is 4.74 Å². The Morgan fingerprint density at radius 1 is 1.29 bits per heavy atom. The molecule has 0 atom stereocenters. The second kappa shape index (κ2) is 7.56. The first-order valence-electron chi connectivity index (χ1n) is 6.81. The van der Waals surface area contributed by atoms with Gasteiger partial charge >= 0.3 is 6.61 Å². The maximum atomic E-state index is 12.4. The Morgan fingerprint density at radius 3 is 2.43 bits per heavy atom. The van der Waals surface area contributed by atoms with Crippen LogP contribution < -0.4 is 9.47 Å². The Morgan fingerprint density at radius 2 is 1.95 bits per heavy atom. The van der Waals surface area contributed by atoms with Gasteiger partial charge in [0, 0.05) is 13.1 Å². The summed E-state index contributed by atoms with van der Waals surface area (Å²) < 4.78 is 34.3. The van der Waals surface area contributed by atoms with E-state index < -0.39 is 12.2 Å². The van der Waals surface area contributed by atoms with Gasteiger partial charge in [-0.15, -0.1) is 0 Å². The van der Waals surface area contributed by atoms with Crippen LogP contribution in [0.15, 0.2) is 18.2 Å². The molecule has 0 bridgehead atoms. The smallest absolute Gasteiger partial charge is 0.387 e. The molecule has 21 heavy (non-hydrogen) atoms. The molecule has 1 rings (SSSR count). The summed E-state index contributed by atoms with van der Waals surface area (Å²) in [6.07, 6.45) is 0. The number of aliphatic hydroxyl groups is 1. The van der Waals surface area contributed by atoms with E-state index in [-0.39, 0.29) is 11.5 Å². The van der Waals surface area contributed by atoms with Crippen LogP contribution in [0, 0.1) is 0 Å². The summed E-state index contributed by atoms with van der Waals surface area (Å²) in [5, 5.41) is 9.87. The maximum absolute atomic E-state index is 12.4. The van der Waals surface area contributed by atoms with E-state index in [1.165, 1.54) is 13.2 Å². The van der Waals surface area contributed by atoms with Gasteiger partial charge in [-0.25, -0.2) is 0 Å². The molecule has 0 saturated heterocycles. The van der Waals surface area contributed by atoms with Gasteiger partial charge in [-0.05, 0) is 38.1 Å². The van der Waals surface area contributed by atoms with Crippen LogP contribution in [-0.2, 0) is 6.54 Å². The Labute approximate surface area is 124 Å². The minimum atomic E-state index is -2.90. The maximum Gasteiger partial charge on any atom is 0.387 e. The van der Waals surface area contributed by atoms with Crippen LogP contribution in [0.5, 0.6) is 11.5 Å². The first-order valence-corrected chi connectivity index (χ1v) is 6.81. The molecule has 0 aliphatic rings. The first-order chi connectivity index (χ1) is 9.75. The lowest BCUT2D eigenvalue weighted by molar-refractivity contribution is -0.0512. The van der Waals surface area contributed by atoms with Crippen molar-refractivity contribution < 1.29 is 23.4 Å². The van der Waals surface area contributed by atoms with E-state index in [0.29, 0.717) is 13.1 Å². The highest BCUT2D eigenvalue weighted by molar-refractivity contribution is 5.43. The summed E-state index contributed by atoms with van der Waals surface area (Å²) in [5.41, 5.74) is 0.00248. The molecular formula is C15H23F2NO3. The van der Waals surface area contributed by atoms with Crippen molar-refractivity contribution in [1.29, 1.82) is 0 Å². The number of nitrogens with zero attached hydrogens (tertiary/aromatic N) is 1. The first kappa shape index (κ1) is 17.7. The third kappa shape index (κ3) is 6.27. The molecule has 0 aliphatic heterocycles. The molecule has 0 amide bonds. The molecule has 0 saturated carbocycles. The highest BCUT2D eigenvalue weighted by Gasteiger charge is 2.18. The quantitative estimate of drug-likeness (QED) is 0.802. The van der Waals surface area contributed by atoms with Crippen LogP contribution in [0.25, 0.3) is 0 Å². The van der Waals surface area contributed by atoms with Crippen molar-refractivity contribution in [3.05, 3.63) is 23.8 Å². The number of methoxy groups -OCH3 is 1. The van der Waals surface area contributed by atoms with Crippen LogP contribution in [-0.4, -0.2) is 42.4 Å². The van der Waals surface area contributed by atoms with Crippen molar-refractivity contribution in [2.24, 2.45) is 0 Å². The molecule has 0 fully saturated rings. The molecule has 0 spiro atoms. The van der Waals surface area contributed by atoms with Crippen molar-refractivity contribution in [3.8, 4) is 11.5 Å². The Balaban J connectivity index is 2.87. The zero-order valence-corrected chi connectivity index (χ0v) is 12.9. The van der Waals surface area contributed by atoms with Crippen LogP contribution in [0.1, 0.15) is 26.3 Å². The second-order valence-electron chi connectivity index (χ2n) is 5.48. The van der Waals surface area contributed by atoms with Crippen molar-refractivity contribution in [1.82, 2.24) is 4.90 Å². The normalized spacial score (nSPS) is 12.0. The molecule has 0 radical (unpaired) electrons. The molecule has 1 aromatic rings. The standard InChI is InChI=1S/C15H23F2NO3/c1-5-18(10-15(2,3)19)9-11-6-7-12(20-4)13(8-11)21-14(16)17/h6-8,14,19H,5,9-10H2,1-4H3. The fraction of sp³-hybridized carbons (Fsp3) is 0.600. The molecule has 0 heterocycles. The monoisotopic (exact) mass is 303 g/mol. The van der Waals surface area contributed by atoms with Crippen LogP contribution in [0.3, 0.4) is 0 Å². The zero-order valence-electron chi connectivity index (χ0n) is 12.9.